The molecule has 0 radical (unpaired) electrons. The zero-order chi connectivity index (χ0) is 11.1. The van der Waals surface area contributed by atoms with Crippen LogP contribution in [0.5, 0.6) is 0 Å². The van der Waals surface area contributed by atoms with E-state index in [1.165, 1.54) is 32.2 Å². The van der Waals surface area contributed by atoms with E-state index >= 15 is 0 Å². The number of nitrogens with zero attached hydrogens (tertiary/aromatic N) is 1. The van der Waals surface area contributed by atoms with Crippen LogP contribution in [0, 0.1) is 0 Å². The summed E-state index contributed by atoms with van der Waals surface area (Å²) in [5, 5.41) is 2.94. The molecule has 0 aromatic heterocycles. The van der Waals surface area contributed by atoms with Crippen LogP contribution in [0.25, 0.3) is 0 Å². The van der Waals surface area contributed by atoms with Gasteiger partial charge in [0.2, 0.25) is 5.91 Å². The van der Waals surface area contributed by atoms with Gasteiger partial charge in [-0.25, -0.2) is 0 Å². The second-order valence-electron chi connectivity index (χ2n) is 4.30. The van der Waals surface area contributed by atoms with Crippen LogP contribution in [0.15, 0.2) is 0 Å². The van der Waals surface area contributed by atoms with Crippen molar-refractivity contribution in [1.82, 2.24) is 10.2 Å². The van der Waals surface area contributed by atoms with Gasteiger partial charge >= 0.3 is 0 Å². The number of amides is 1. The monoisotopic (exact) mass is 212 g/mol. The molecular weight excluding hydrogens is 188 g/mol. The van der Waals surface area contributed by atoms with Gasteiger partial charge in [-0.05, 0) is 25.8 Å². The molecule has 0 aromatic rings. The van der Waals surface area contributed by atoms with Crippen LogP contribution in [0.2, 0.25) is 0 Å². The molecule has 1 unspecified atom stereocenters. The van der Waals surface area contributed by atoms with Gasteiger partial charge in [0, 0.05) is 25.6 Å². The third-order valence-corrected chi connectivity index (χ3v) is 3.26. The first-order chi connectivity index (χ1) is 7.27. The van der Waals surface area contributed by atoms with E-state index in [1.807, 2.05) is 6.92 Å². The highest BCUT2D eigenvalue weighted by Gasteiger charge is 2.19. The lowest BCUT2D eigenvalue weighted by Crippen LogP contribution is -2.43. The van der Waals surface area contributed by atoms with Gasteiger partial charge in [0.1, 0.15) is 0 Å². The summed E-state index contributed by atoms with van der Waals surface area (Å²) in [7, 11) is 0. The third-order valence-electron chi connectivity index (χ3n) is 3.26. The Morgan fingerprint density at radius 3 is 2.87 bits per heavy atom. The highest BCUT2D eigenvalue weighted by atomic mass is 16.1. The van der Waals surface area contributed by atoms with Crippen LogP contribution in [-0.4, -0.2) is 36.5 Å². The molecule has 1 N–H and O–H groups in total. The van der Waals surface area contributed by atoms with Crippen molar-refractivity contribution in [3.05, 3.63) is 0 Å². The summed E-state index contributed by atoms with van der Waals surface area (Å²) in [5.74, 6) is 0.167. The molecule has 1 aliphatic rings. The molecule has 15 heavy (non-hydrogen) atoms. The molecule has 0 bridgehead atoms. The van der Waals surface area contributed by atoms with Crippen LogP contribution in [-0.2, 0) is 4.79 Å². The summed E-state index contributed by atoms with van der Waals surface area (Å²) in [6.07, 6.45) is 5.85. The van der Waals surface area contributed by atoms with Crippen molar-refractivity contribution in [2.24, 2.45) is 0 Å². The third kappa shape index (κ3) is 4.20. The molecule has 1 amide bonds. The molecule has 1 saturated heterocycles. The minimum Gasteiger partial charge on any atom is -0.355 e. The number of carbonyl (C=O) groups is 1. The second-order valence-corrected chi connectivity index (χ2v) is 4.30. The summed E-state index contributed by atoms with van der Waals surface area (Å²) in [6.45, 7) is 7.19. The first-order valence-electron chi connectivity index (χ1n) is 6.28. The van der Waals surface area contributed by atoms with E-state index < -0.39 is 0 Å². The topological polar surface area (TPSA) is 32.3 Å². The highest BCUT2D eigenvalue weighted by molar-refractivity contribution is 5.75. The van der Waals surface area contributed by atoms with Gasteiger partial charge in [-0.15, -0.1) is 0 Å². The van der Waals surface area contributed by atoms with Gasteiger partial charge < -0.3 is 5.32 Å². The summed E-state index contributed by atoms with van der Waals surface area (Å²) in [6, 6.07) is 0.747. The minimum absolute atomic E-state index is 0.167. The molecular formula is C12H24N2O. The van der Waals surface area contributed by atoms with E-state index in [4.69, 9.17) is 0 Å². The molecule has 0 saturated carbocycles. The quantitative estimate of drug-likeness (QED) is 0.753. The zero-order valence-corrected chi connectivity index (χ0v) is 10.1. The van der Waals surface area contributed by atoms with Crippen LogP contribution < -0.4 is 5.32 Å². The first-order valence-corrected chi connectivity index (χ1v) is 6.28. The fraction of sp³-hybridized carbons (Fsp3) is 0.917. The van der Waals surface area contributed by atoms with Crippen LogP contribution in [0.4, 0.5) is 0 Å². The van der Waals surface area contributed by atoms with Crippen molar-refractivity contribution >= 4 is 5.91 Å². The van der Waals surface area contributed by atoms with Gasteiger partial charge in [-0.1, -0.05) is 20.3 Å². The number of nitrogens with one attached hydrogen (secondary N) is 1. The lowest BCUT2D eigenvalue weighted by molar-refractivity contribution is -0.120. The van der Waals surface area contributed by atoms with E-state index in [2.05, 4.69) is 17.1 Å². The molecule has 1 aliphatic heterocycles. The Hall–Kier alpha value is -0.570. The van der Waals surface area contributed by atoms with Crippen molar-refractivity contribution in [2.75, 3.05) is 19.6 Å². The van der Waals surface area contributed by atoms with Gasteiger partial charge in [0.15, 0.2) is 0 Å². The normalized spacial score (nSPS) is 22.7. The predicted molar refractivity (Wildman–Crippen MR) is 62.8 cm³/mol. The van der Waals surface area contributed by atoms with Gasteiger partial charge in [0.25, 0.3) is 0 Å². The van der Waals surface area contributed by atoms with Crippen LogP contribution in [0.3, 0.4) is 0 Å². The maximum absolute atomic E-state index is 11.1. The number of hydrogen-bond donors (Lipinski definition) is 1. The maximum Gasteiger partial charge on any atom is 0.219 e. The Kier molecular flexibility index (Phi) is 5.69. The standard InChI is InChI=1S/C12H24N2O/c1-3-11-7-5-6-9-14(11)10-8-13-12(15)4-2/h11H,3-10H2,1-2H3,(H,13,15). The molecule has 1 fully saturated rings. The fourth-order valence-electron chi connectivity index (χ4n) is 2.28. The molecule has 0 aliphatic carbocycles. The smallest absolute Gasteiger partial charge is 0.219 e. The minimum atomic E-state index is 0.167. The predicted octanol–water partition coefficient (Wildman–Crippen LogP) is 1.78. The largest absolute Gasteiger partial charge is 0.355 e. The van der Waals surface area contributed by atoms with Gasteiger partial charge in [-0.3, -0.25) is 9.69 Å². The van der Waals surface area contributed by atoms with Crippen LogP contribution in [0.1, 0.15) is 46.0 Å². The Bertz CT molecular complexity index is 194. The van der Waals surface area contributed by atoms with Crippen molar-refractivity contribution in [3.63, 3.8) is 0 Å². The molecule has 1 atom stereocenters. The molecule has 1 rings (SSSR count). The lowest BCUT2D eigenvalue weighted by Gasteiger charge is -2.35. The molecule has 3 nitrogen and oxygen atoms in total. The van der Waals surface area contributed by atoms with E-state index in [1.54, 1.807) is 0 Å². The Labute approximate surface area is 93.2 Å². The van der Waals surface area contributed by atoms with E-state index in [0.29, 0.717) is 6.42 Å². The fourth-order valence-corrected chi connectivity index (χ4v) is 2.28. The Balaban J connectivity index is 2.20. The molecule has 0 spiro atoms. The number of rotatable bonds is 5. The van der Waals surface area contributed by atoms with E-state index in [9.17, 15) is 4.79 Å². The number of piperidine rings is 1. The maximum atomic E-state index is 11.1. The Morgan fingerprint density at radius 2 is 2.20 bits per heavy atom. The van der Waals surface area contributed by atoms with Gasteiger partial charge in [-0.2, -0.15) is 0 Å². The highest BCUT2D eigenvalue weighted by Crippen LogP contribution is 2.18. The van der Waals surface area contributed by atoms with Crippen molar-refractivity contribution in [1.29, 1.82) is 0 Å². The summed E-state index contributed by atoms with van der Waals surface area (Å²) in [5.41, 5.74) is 0. The van der Waals surface area contributed by atoms with E-state index in [0.717, 1.165) is 19.1 Å². The number of likely N-dealkylation sites (tertiary alicyclic amines) is 1. The second kappa shape index (κ2) is 6.83. The van der Waals surface area contributed by atoms with Crippen molar-refractivity contribution in [3.8, 4) is 0 Å². The molecule has 3 heteroatoms. The SMILES string of the molecule is CCC(=O)NCCN1CCCCC1CC. The van der Waals surface area contributed by atoms with Crippen LogP contribution >= 0.6 is 0 Å². The van der Waals surface area contributed by atoms with Crippen molar-refractivity contribution in [2.45, 2.75) is 52.0 Å². The zero-order valence-electron chi connectivity index (χ0n) is 10.1. The van der Waals surface area contributed by atoms with Gasteiger partial charge in [0.05, 0.1) is 0 Å². The molecule has 1 heterocycles. The number of carbonyl (C=O) groups excluding carboxylic acids is 1. The Morgan fingerprint density at radius 1 is 1.40 bits per heavy atom. The average molecular weight is 212 g/mol. The average Bonchev–Trinajstić information content (AvgIpc) is 2.29. The van der Waals surface area contributed by atoms with Crippen molar-refractivity contribution < 1.29 is 4.79 Å². The molecule has 88 valence electrons. The summed E-state index contributed by atoms with van der Waals surface area (Å²) < 4.78 is 0. The molecule has 0 aromatic carbocycles. The number of hydrogen-bond acceptors (Lipinski definition) is 2. The lowest BCUT2D eigenvalue weighted by atomic mass is 10.0. The van der Waals surface area contributed by atoms with E-state index in [-0.39, 0.29) is 5.91 Å². The summed E-state index contributed by atoms with van der Waals surface area (Å²) >= 11 is 0. The summed E-state index contributed by atoms with van der Waals surface area (Å²) in [4.78, 5) is 13.6. The first kappa shape index (κ1) is 12.5.